The van der Waals surface area contributed by atoms with Gasteiger partial charge in [0.15, 0.2) is 17.3 Å². The smallest absolute Gasteiger partial charge is 0.166 e. The fraction of sp³-hybridized carbons (Fsp3) is 0.526. The number of Topliss-reactive ketones (excluding diaryl/α,β-unsaturated/α-hetero) is 3. The van der Waals surface area contributed by atoms with Crippen LogP contribution < -0.4 is 5.11 Å². The van der Waals surface area contributed by atoms with E-state index < -0.39 is 0 Å². The molecule has 0 spiro atoms. The topological polar surface area (TPSA) is 74.3 Å². The predicted molar refractivity (Wildman–Crippen MR) is 85.3 cm³/mol. The van der Waals surface area contributed by atoms with Crippen molar-refractivity contribution in [3.05, 3.63) is 35.1 Å². The Hall–Kier alpha value is -1.97. The average Bonchev–Trinajstić information content (AvgIpc) is 2.32. The van der Waals surface area contributed by atoms with E-state index in [0.29, 0.717) is 25.7 Å². The van der Waals surface area contributed by atoms with E-state index >= 15 is 0 Å². The standard InChI is InChI=1S/C19H24O4/c1-18(2)8-14(20)12(15(21)9-18)6-5-7-13-16(22)10-19(3,4)11-17(13)23/h5-7,20H,8-11H2,1-4H3/p-1/b6-5+. The third-order valence-corrected chi connectivity index (χ3v) is 4.28. The van der Waals surface area contributed by atoms with Crippen LogP contribution in [0.1, 0.15) is 53.4 Å². The first kappa shape index (κ1) is 17.4. The second kappa shape index (κ2) is 5.91. The molecule has 0 unspecified atom stereocenters. The van der Waals surface area contributed by atoms with Crippen LogP contribution >= 0.6 is 0 Å². The van der Waals surface area contributed by atoms with Crippen molar-refractivity contribution in [3.63, 3.8) is 0 Å². The summed E-state index contributed by atoms with van der Waals surface area (Å²) in [5, 5.41) is 12.1. The van der Waals surface area contributed by atoms with E-state index in [-0.39, 0.29) is 45.1 Å². The number of rotatable bonds is 2. The maximum Gasteiger partial charge on any atom is 0.166 e. The highest BCUT2D eigenvalue weighted by Gasteiger charge is 2.35. The lowest BCUT2D eigenvalue weighted by Gasteiger charge is -2.34. The highest BCUT2D eigenvalue weighted by Crippen LogP contribution is 2.35. The maximum atomic E-state index is 12.1. The van der Waals surface area contributed by atoms with E-state index in [1.165, 1.54) is 18.2 Å². The highest BCUT2D eigenvalue weighted by molar-refractivity contribution is 6.22. The zero-order chi connectivity index (χ0) is 17.4. The van der Waals surface area contributed by atoms with Crippen molar-refractivity contribution < 1.29 is 19.5 Å². The van der Waals surface area contributed by atoms with E-state index in [9.17, 15) is 19.5 Å². The van der Waals surface area contributed by atoms with Crippen molar-refractivity contribution in [1.82, 2.24) is 0 Å². The van der Waals surface area contributed by atoms with Crippen LogP contribution in [0.3, 0.4) is 0 Å². The summed E-state index contributed by atoms with van der Waals surface area (Å²) in [6.45, 7) is 7.58. The lowest BCUT2D eigenvalue weighted by atomic mass is 9.74. The van der Waals surface area contributed by atoms with Gasteiger partial charge in [0.25, 0.3) is 0 Å². The lowest BCUT2D eigenvalue weighted by Crippen LogP contribution is -2.31. The first-order chi connectivity index (χ1) is 10.5. The van der Waals surface area contributed by atoms with Gasteiger partial charge in [0.1, 0.15) is 0 Å². The van der Waals surface area contributed by atoms with E-state index in [4.69, 9.17) is 0 Å². The molecule has 4 nitrogen and oxygen atoms in total. The van der Waals surface area contributed by atoms with Gasteiger partial charge >= 0.3 is 0 Å². The molecule has 0 aliphatic heterocycles. The van der Waals surface area contributed by atoms with Crippen LogP contribution in [0, 0.1) is 10.8 Å². The maximum absolute atomic E-state index is 12.1. The van der Waals surface area contributed by atoms with Gasteiger partial charge in [-0.1, -0.05) is 39.8 Å². The average molecular weight is 315 g/mol. The molecule has 0 heterocycles. The van der Waals surface area contributed by atoms with Crippen molar-refractivity contribution >= 4 is 17.3 Å². The Morgan fingerprint density at radius 1 is 0.826 bits per heavy atom. The van der Waals surface area contributed by atoms with Crippen LogP contribution in [0.2, 0.25) is 0 Å². The summed E-state index contributed by atoms with van der Waals surface area (Å²) in [4.78, 5) is 36.2. The van der Waals surface area contributed by atoms with Gasteiger partial charge in [-0.2, -0.15) is 0 Å². The van der Waals surface area contributed by atoms with Crippen molar-refractivity contribution in [3.8, 4) is 0 Å². The molecule has 0 N–H and O–H groups in total. The first-order valence-corrected chi connectivity index (χ1v) is 7.89. The summed E-state index contributed by atoms with van der Waals surface area (Å²) in [7, 11) is 0. The van der Waals surface area contributed by atoms with Crippen molar-refractivity contribution in [2.24, 2.45) is 10.8 Å². The van der Waals surface area contributed by atoms with Gasteiger partial charge in [-0.3, -0.25) is 14.4 Å². The Kier molecular flexibility index (Phi) is 4.47. The molecule has 0 aromatic carbocycles. The first-order valence-electron chi connectivity index (χ1n) is 7.89. The Morgan fingerprint density at radius 3 is 1.83 bits per heavy atom. The number of carbonyl (C=O) groups is 3. The van der Waals surface area contributed by atoms with Crippen LogP contribution in [0.15, 0.2) is 35.1 Å². The quantitative estimate of drug-likeness (QED) is 0.579. The van der Waals surface area contributed by atoms with Gasteiger partial charge < -0.3 is 5.11 Å². The molecule has 2 aliphatic rings. The second-order valence-electron chi connectivity index (χ2n) is 8.08. The highest BCUT2D eigenvalue weighted by atomic mass is 16.3. The van der Waals surface area contributed by atoms with Gasteiger partial charge in [0, 0.05) is 24.8 Å². The molecule has 0 amide bonds. The normalized spacial score (nSPS) is 24.5. The van der Waals surface area contributed by atoms with Crippen LogP contribution in [-0.2, 0) is 14.4 Å². The summed E-state index contributed by atoms with van der Waals surface area (Å²) >= 11 is 0. The zero-order valence-electron chi connectivity index (χ0n) is 14.2. The number of ketones is 3. The predicted octanol–water partition coefficient (Wildman–Crippen LogP) is 2.43. The summed E-state index contributed by atoms with van der Waals surface area (Å²) < 4.78 is 0. The molecule has 4 heteroatoms. The van der Waals surface area contributed by atoms with Gasteiger partial charge in [-0.25, -0.2) is 0 Å². The second-order valence-corrected chi connectivity index (χ2v) is 8.08. The lowest BCUT2D eigenvalue weighted by molar-refractivity contribution is -0.312. The molecule has 0 saturated heterocycles. The van der Waals surface area contributed by atoms with Crippen LogP contribution in [-0.4, -0.2) is 17.3 Å². The number of hydrogen-bond donors (Lipinski definition) is 0. The largest absolute Gasteiger partial charge is 0.875 e. The molecule has 0 bridgehead atoms. The van der Waals surface area contributed by atoms with Gasteiger partial charge in [0.05, 0.1) is 5.57 Å². The molecule has 124 valence electrons. The molecule has 1 saturated carbocycles. The fourth-order valence-corrected chi connectivity index (χ4v) is 3.17. The molecule has 2 rings (SSSR count). The molecule has 23 heavy (non-hydrogen) atoms. The molecule has 0 atom stereocenters. The van der Waals surface area contributed by atoms with Crippen molar-refractivity contribution in [2.75, 3.05) is 0 Å². The summed E-state index contributed by atoms with van der Waals surface area (Å²) in [6, 6.07) is 0. The Balaban J connectivity index is 2.20. The van der Waals surface area contributed by atoms with Crippen molar-refractivity contribution in [2.45, 2.75) is 53.4 Å². The Morgan fingerprint density at radius 2 is 1.30 bits per heavy atom. The molecule has 0 aromatic heterocycles. The molecular weight excluding hydrogens is 292 g/mol. The third-order valence-electron chi connectivity index (χ3n) is 4.28. The molecule has 2 aliphatic carbocycles. The van der Waals surface area contributed by atoms with Gasteiger partial charge in [-0.15, -0.1) is 5.76 Å². The van der Waals surface area contributed by atoms with E-state index in [1.54, 1.807) is 0 Å². The minimum absolute atomic E-state index is 0.164. The molecular formula is C19H23O4-. The van der Waals surface area contributed by atoms with E-state index in [1.807, 2.05) is 27.7 Å². The monoisotopic (exact) mass is 315 g/mol. The van der Waals surface area contributed by atoms with E-state index in [0.717, 1.165) is 0 Å². The Bertz CT molecular complexity index is 635. The van der Waals surface area contributed by atoms with Gasteiger partial charge in [-0.05, 0) is 23.3 Å². The number of carbonyl (C=O) groups excluding carboxylic acids is 3. The molecule has 1 fully saturated rings. The Labute approximate surface area is 137 Å². The fourth-order valence-electron chi connectivity index (χ4n) is 3.17. The third kappa shape index (κ3) is 4.06. The minimum atomic E-state index is -0.301. The molecule has 0 radical (unpaired) electrons. The number of allylic oxidation sites excluding steroid dienone is 6. The summed E-state index contributed by atoms with van der Waals surface area (Å²) in [5.74, 6) is -0.710. The number of hydrogen-bond acceptors (Lipinski definition) is 4. The zero-order valence-corrected chi connectivity index (χ0v) is 14.2. The molecule has 0 aromatic rings. The summed E-state index contributed by atoms with van der Waals surface area (Å²) in [6.07, 6.45) is 5.69. The van der Waals surface area contributed by atoms with Crippen LogP contribution in [0.25, 0.3) is 0 Å². The van der Waals surface area contributed by atoms with Gasteiger partial charge in [0.2, 0.25) is 0 Å². The SMILES string of the molecule is CC1(C)CC(=O)C(=C/C=C/C2=C([O-])CC(C)(C)CC2=O)C(=O)C1. The van der Waals surface area contributed by atoms with Crippen molar-refractivity contribution in [1.29, 1.82) is 0 Å². The van der Waals surface area contributed by atoms with Crippen LogP contribution in [0.4, 0.5) is 0 Å². The summed E-state index contributed by atoms with van der Waals surface area (Å²) in [5.41, 5.74) is -0.273. The van der Waals surface area contributed by atoms with Crippen LogP contribution in [0.5, 0.6) is 0 Å². The van der Waals surface area contributed by atoms with E-state index in [2.05, 4.69) is 0 Å². The minimum Gasteiger partial charge on any atom is -0.875 e.